The van der Waals surface area contributed by atoms with Gasteiger partial charge in [0.2, 0.25) is 0 Å². The van der Waals surface area contributed by atoms with E-state index in [1.54, 1.807) is 12.1 Å². The van der Waals surface area contributed by atoms with Gasteiger partial charge in [-0.25, -0.2) is 4.39 Å². The zero-order valence-electron chi connectivity index (χ0n) is 17.6. The molecule has 2 aliphatic carbocycles. The summed E-state index contributed by atoms with van der Waals surface area (Å²) in [6.07, 6.45) is 17.8. The Morgan fingerprint density at radius 3 is 2.25 bits per heavy atom. The van der Waals surface area contributed by atoms with Gasteiger partial charge < -0.3 is 4.74 Å². The zero-order valence-corrected chi connectivity index (χ0v) is 18.3. The summed E-state index contributed by atoms with van der Waals surface area (Å²) in [5.41, 5.74) is 0.560. The second-order valence-electron chi connectivity index (χ2n) is 8.82. The van der Waals surface area contributed by atoms with Crippen molar-refractivity contribution < 1.29 is 9.13 Å². The molecule has 0 radical (unpaired) electrons. The van der Waals surface area contributed by atoms with Gasteiger partial charge in [-0.15, -0.1) is 0 Å². The monoisotopic (exact) mass is 406 g/mol. The van der Waals surface area contributed by atoms with Crippen molar-refractivity contribution >= 4 is 17.7 Å². The lowest BCUT2D eigenvalue weighted by atomic mass is 9.68. The highest BCUT2D eigenvalue weighted by Gasteiger charge is 2.30. The van der Waals surface area contributed by atoms with E-state index in [0.29, 0.717) is 23.8 Å². The predicted octanol–water partition coefficient (Wildman–Crippen LogP) is 8.30. The summed E-state index contributed by atoms with van der Waals surface area (Å²) in [5, 5.41) is 0.0892. The van der Waals surface area contributed by atoms with Crippen LogP contribution in [0.25, 0.3) is 6.08 Å². The van der Waals surface area contributed by atoms with Crippen LogP contribution in [0.4, 0.5) is 4.39 Å². The first-order valence-electron chi connectivity index (χ1n) is 11.4. The first-order valence-corrected chi connectivity index (χ1v) is 11.8. The molecule has 1 aromatic carbocycles. The van der Waals surface area contributed by atoms with Gasteiger partial charge in [-0.3, -0.25) is 0 Å². The van der Waals surface area contributed by atoms with Gasteiger partial charge in [0, 0.05) is 5.56 Å². The van der Waals surface area contributed by atoms with Gasteiger partial charge in [0.15, 0.2) is 5.82 Å². The third kappa shape index (κ3) is 5.53. The zero-order chi connectivity index (χ0) is 19.9. The van der Waals surface area contributed by atoms with Crippen LogP contribution in [0.2, 0.25) is 5.02 Å². The minimum absolute atomic E-state index is 0.0892. The SMILES string of the molecule is CCCC1CCC(C2CCC(/C=C/c3ccc(OCC)c(Cl)c3F)CC2)CC1. The van der Waals surface area contributed by atoms with Crippen LogP contribution >= 0.6 is 11.6 Å². The summed E-state index contributed by atoms with van der Waals surface area (Å²) >= 11 is 6.10. The van der Waals surface area contributed by atoms with Crippen molar-refractivity contribution in [2.75, 3.05) is 6.61 Å². The van der Waals surface area contributed by atoms with Crippen LogP contribution in [0.15, 0.2) is 18.2 Å². The average Bonchev–Trinajstić information content (AvgIpc) is 2.72. The van der Waals surface area contributed by atoms with Crippen molar-refractivity contribution in [3.63, 3.8) is 0 Å². The maximum Gasteiger partial charge on any atom is 0.152 e. The van der Waals surface area contributed by atoms with Crippen molar-refractivity contribution in [2.24, 2.45) is 23.7 Å². The fourth-order valence-electron chi connectivity index (χ4n) is 5.35. The molecule has 0 bridgehead atoms. The van der Waals surface area contributed by atoms with Crippen molar-refractivity contribution in [1.82, 2.24) is 0 Å². The molecule has 0 amide bonds. The number of rotatable bonds is 7. The Bertz CT molecular complexity index is 640. The molecule has 0 N–H and O–H groups in total. The largest absolute Gasteiger partial charge is 0.492 e. The van der Waals surface area contributed by atoms with E-state index in [2.05, 4.69) is 13.0 Å². The molecule has 0 spiro atoms. The van der Waals surface area contributed by atoms with Gasteiger partial charge in [-0.2, -0.15) is 0 Å². The number of allylic oxidation sites excluding steroid dienone is 1. The quantitative estimate of drug-likeness (QED) is 0.442. The minimum Gasteiger partial charge on any atom is -0.492 e. The molecule has 3 heteroatoms. The second-order valence-corrected chi connectivity index (χ2v) is 9.20. The van der Waals surface area contributed by atoms with E-state index in [4.69, 9.17) is 16.3 Å². The van der Waals surface area contributed by atoms with Gasteiger partial charge in [0.25, 0.3) is 0 Å². The highest BCUT2D eigenvalue weighted by Crippen LogP contribution is 2.42. The molecular weight excluding hydrogens is 371 g/mol. The summed E-state index contributed by atoms with van der Waals surface area (Å²) < 4.78 is 19.8. The van der Waals surface area contributed by atoms with Crippen LogP contribution in [0.5, 0.6) is 5.75 Å². The first-order chi connectivity index (χ1) is 13.6. The van der Waals surface area contributed by atoms with Crippen LogP contribution < -0.4 is 4.74 Å². The lowest BCUT2D eigenvalue weighted by Gasteiger charge is -2.37. The molecule has 0 aliphatic heterocycles. The van der Waals surface area contributed by atoms with Crippen molar-refractivity contribution in [1.29, 1.82) is 0 Å². The smallest absolute Gasteiger partial charge is 0.152 e. The van der Waals surface area contributed by atoms with Crippen molar-refractivity contribution in [3.8, 4) is 5.75 Å². The summed E-state index contributed by atoms with van der Waals surface area (Å²) in [4.78, 5) is 0. The Balaban J connectivity index is 1.49. The molecule has 1 aromatic rings. The molecule has 28 heavy (non-hydrogen) atoms. The summed E-state index contributed by atoms with van der Waals surface area (Å²) in [5.74, 6) is 3.49. The summed E-state index contributed by atoms with van der Waals surface area (Å²) in [6, 6.07) is 3.53. The summed E-state index contributed by atoms with van der Waals surface area (Å²) in [6.45, 7) is 4.67. The first kappa shape index (κ1) is 21.7. The molecule has 0 saturated heterocycles. The van der Waals surface area contributed by atoms with Crippen LogP contribution in [0.1, 0.15) is 83.6 Å². The van der Waals surface area contributed by atoms with E-state index in [9.17, 15) is 4.39 Å². The Morgan fingerprint density at radius 2 is 1.64 bits per heavy atom. The third-order valence-corrected chi connectivity index (χ3v) is 7.35. The normalized spacial score (nSPS) is 28.6. The Morgan fingerprint density at radius 1 is 1.00 bits per heavy atom. The molecule has 0 heterocycles. The van der Waals surface area contributed by atoms with E-state index < -0.39 is 0 Å². The molecule has 2 aliphatic rings. The van der Waals surface area contributed by atoms with Crippen molar-refractivity contribution in [3.05, 3.63) is 34.6 Å². The fraction of sp³-hybridized carbons (Fsp3) is 0.680. The number of halogens is 2. The molecule has 0 unspecified atom stereocenters. The molecule has 2 fully saturated rings. The van der Waals surface area contributed by atoms with Crippen LogP contribution in [-0.4, -0.2) is 6.61 Å². The lowest BCUT2D eigenvalue weighted by molar-refractivity contribution is 0.152. The van der Waals surface area contributed by atoms with Gasteiger partial charge in [0.1, 0.15) is 10.8 Å². The molecule has 0 atom stereocenters. The minimum atomic E-state index is -0.374. The van der Waals surface area contributed by atoms with E-state index in [1.165, 1.54) is 64.2 Å². The number of hydrogen-bond donors (Lipinski definition) is 0. The van der Waals surface area contributed by atoms with E-state index >= 15 is 0 Å². The molecular formula is C25H36ClFO. The highest BCUT2D eigenvalue weighted by atomic mass is 35.5. The summed E-state index contributed by atoms with van der Waals surface area (Å²) in [7, 11) is 0. The van der Waals surface area contributed by atoms with Crippen LogP contribution in [0, 0.1) is 29.5 Å². The van der Waals surface area contributed by atoms with Crippen LogP contribution in [0.3, 0.4) is 0 Å². The highest BCUT2D eigenvalue weighted by molar-refractivity contribution is 6.32. The third-order valence-electron chi connectivity index (χ3n) is 7.00. The van der Waals surface area contributed by atoms with Crippen LogP contribution in [-0.2, 0) is 0 Å². The number of ether oxygens (including phenoxy) is 1. The Labute approximate surface area is 175 Å². The fourth-order valence-corrected chi connectivity index (χ4v) is 5.57. The number of benzene rings is 1. The Kier molecular flexibility index (Phi) is 8.26. The Hall–Kier alpha value is -1.02. The van der Waals surface area contributed by atoms with Gasteiger partial charge in [-0.1, -0.05) is 56.4 Å². The van der Waals surface area contributed by atoms with Gasteiger partial charge in [-0.05, 0) is 81.3 Å². The van der Waals surface area contributed by atoms with E-state index in [1.807, 2.05) is 13.0 Å². The predicted molar refractivity (Wildman–Crippen MR) is 117 cm³/mol. The maximum absolute atomic E-state index is 14.5. The molecule has 0 aromatic heterocycles. The topological polar surface area (TPSA) is 9.23 Å². The molecule has 3 rings (SSSR count). The molecule has 156 valence electrons. The molecule has 1 nitrogen and oxygen atoms in total. The standard InChI is InChI=1S/C25H36ClFO/c1-3-5-18-6-11-20(12-7-18)21-13-8-19(9-14-21)10-15-22-16-17-23(28-4-2)24(26)25(22)27/h10,15-21H,3-9,11-14H2,1-2H3/b15-10+. The molecule has 2 saturated carbocycles. The van der Waals surface area contributed by atoms with Crippen molar-refractivity contribution in [2.45, 2.75) is 78.1 Å². The second kappa shape index (κ2) is 10.7. The maximum atomic E-state index is 14.5. The van der Waals surface area contributed by atoms with E-state index in [-0.39, 0.29) is 10.8 Å². The van der Waals surface area contributed by atoms with E-state index in [0.717, 1.165) is 17.8 Å². The number of hydrogen-bond acceptors (Lipinski definition) is 1. The van der Waals surface area contributed by atoms with Gasteiger partial charge in [0.05, 0.1) is 6.61 Å². The lowest BCUT2D eigenvalue weighted by Crippen LogP contribution is -2.25. The van der Waals surface area contributed by atoms with Gasteiger partial charge >= 0.3 is 0 Å². The average molecular weight is 407 g/mol.